The van der Waals surface area contributed by atoms with E-state index in [1.54, 1.807) is 42.8 Å². The van der Waals surface area contributed by atoms with Crippen molar-refractivity contribution in [3.8, 4) is 5.69 Å². The first-order chi connectivity index (χ1) is 21.1. The molecule has 3 heterocycles. The molecule has 12 heteroatoms. The zero-order valence-electron chi connectivity index (χ0n) is 23.6. The lowest BCUT2D eigenvalue weighted by molar-refractivity contribution is -0.137. The Morgan fingerprint density at radius 1 is 0.955 bits per heavy atom. The quantitative estimate of drug-likeness (QED) is 0.160. The Morgan fingerprint density at radius 2 is 1.77 bits per heavy atom. The van der Waals surface area contributed by atoms with E-state index in [2.05, 4.69) is 30.9 Å². The number of aryl methyl sites for hydroxylation is 2. The molecule has 0 bridgehead atoms. The van der Waals surface area contributed by atoms with E-state index >= 15 is 0 Å². The molecular weight excluding hydrogens is 587 g/mol. The molecule has 3 aromatic carbocycles. The number of imidazole rings is 1. The first kappa shape index (κ1) is 28.9. The number of hydrogen-bond acceptors (Lipinski definition) is 7. The molecule has 222 valence electrons. The Balaban J connectivity index is 1.23. The maximum atomic E-state index is 13.7. The molecule has 1 amide bonds. The van der Waals surface area contributed by atoms with Crippen LogP contribution < -0.4 is 16.0 Å². The van der Waals surface area contributed by atoms with Crippen molar-refractivity contribution in [2.45, 2.75) is 26.6 Å². The van der Waals surface area contributed by atoms with E-state index in [1.165, 1.54) is 28.6 Å². The van der Waals surface area contributed by atoms with Gasteiger partial charge in [0.15, 0.2) is 0 Å². The van der Waals surface area contributed by atoms with E-state index in [-0.39, 0.29) is 11.6 Å². The molecular formula is C32H26F3N7OS. The van der Waals surface area contributed by atoms with Crippen LogP contribution in [0.15, 0.2) is 91.0 Å². The minimum Gasteiger partial charge on any atom is -0.365 e. The van der Waals surface area contributed by atoms with Crippen molar-refractivity contribution in [2.75, 3.05) is 16.0 Å². The third kappa shape index (κ3) is 6.25. The summed E-state index contributed by atoms with van der Waals surface area (Å²) < 4.78 is 43.5. The molecule has 6 aromatic rings. The molecule has 0 saturated heterocycles. The number of halogens is 3. The molecule has 6 rings (SSSR count). The van der Waals surface area contributed by atoms with Gasteiger partial charge in [-0.1, -0.05) is 36.4 Å². The second kappa shape index (κ2) is 11.8. The molecule has 0 aliphatic heterocycles. The molecule has 0 radical (unpaired) electrons. The Hall–Kier alpha value is -5.23. The number of thiophene rings is 1. The van der Waals surface area contributed by atoms with Crippen LogP contribution in [0, 0.1) is 13.8 Å². The number of carbonyl (C=O) groups is 1. The van der Waals surface area contributed by atoms with Crippen LogP contribution in [-0.4, -0.2) is 25.4 Å². The fourth-order valence-corrected chi connectivity index (χ4v) is 5.63. The first-order valence-electron chi connectivity index (χ1n) is 13.6. The second-order valence-corrected chi connectivity index (χ2v) is 11.1. The molecule has 0 spiro atoms. The summed E-state index contributed by atoms with van der Waals surface area (Å²) in [6.45, 7) is 4.17. The van der Waals surface area contributed by atoms with Gasteiger partial charge in [0.25, 0.3) is 5.91 Å². The monoisotopic (exact) mass is 613 g/mol. The highest BCUT2D eigenvalue weighted by atomic mass is 32.1. The van der Waals surface area contributed by atoms with Gasteiger partial charge in [-0.25, -0.2) is 15.0 Å². The Morgan fingerprint density at radius 3 is 2.52 bits per heavy atom. The van der Waals surface area contributed by atoms with Gasteiger partial charge < -0.3 is 20.5 Å². The van der Waals surface area contributed by atoms with Gasteiger partial charge in [0.2, 0.25) is 0 Å². The lowest BCUT2D eigenvalue weighted by atomic mass is 10.1. The van der Waals surface area contributed by atoms with E-state index in [9.17, 15) is 18.0 Å². The predicted molar refractivity (Wildman–Crippen MR) is 167 cm³/mol. The van der Waals surface area contributed by atoms with Crippen LogP contribution >= 0.6 is 11.3 Å². The SMILES string of the molecule is Cc1cn(-c2cc(Nc3ccc(C)c(NC(=O)c4csc5c(NCc6ccccc6)ncnc45)c3)cc(C(F)(F)F)c2)cn1. The number of alkyl halides is 3. The van der Waals surface area contributed by atoms with Crippen molar-refractivity contribution in [3.63, 3.8) is 0 Å². The van der Waals surface area contributed by atoms with Crippen molar-refractivity contribution in [2.24, 2.45) is 0 Å². The standard InChI is InChI=1S/C32H26F3N7OS/c1-19-8-9-23(40-24-10-22(32(33,34)35)11-25(12-24)42-15-20(2)39-18-42)13-27(19)41-31(43)26-16-44-29-28(26)37-17-38-30(29)36-14-21-6-4-3-5-7-21/h3-13,15-18,40H,14H2,1-2H3,(H,41,43)(H,36,37,38). The summed E-state index contributed by atoms with van der Waals surface area (Å²) in [7, 11) is 0. The lowest BCUT2D eigenvalue weighted by Crippen LogP contribution is -2.13. The zero-order chi connectivity index (χ0) is 30.8. The fourth-order valence-electron chi connectivity index (χ4n) is 4.67. The van der Waals surface area contributed by atoms with Gasteiger partial charge in [-0.15, -0.1) is 11.3 Å². The van der Waals surface area contributed by atoms with Crippen molar-refractivity contribution in [1.29, 1.82) is 0 Å². The number of nitrogens with zero attached hydrogens (tertiary/aromatic N) is 4. The molecule has 3 N–H and O–H groups in total. The molecule has 0 fully saturated rings. The smallest absolute Gasteiger partial charge is 0.365 e. The van der Waals surface area contributed by atoms with Crippen LogP contribution in [-0.2, 0) is 12.7 Å². The maximum Gasteiger partial charge on any atom is 0.416 e. The summed E-state index contributed by atoms with van der Waals surface area (Å²) >= 11 is 1.37. The molecule has 8 nitrogen and oxygen atoms in total. The average Bonchev–Trinajstić information content (AvgIpc) is 3.64. The van der Waals surface area contributed by atoms with Crippen molar-refractivity contribution < 1.29 is 18.0 Å². The van der Waals surface area contributed by atoms with Crippen LogP contribution in [0.4, 0.5) is 36.1 Å². The number of nitrogens with one attached hydrogen (secondary N) is 3. The zero-order valence-corrected chi connectivity index (χ0v) is 24.4. The first-order valence-corrected chi connectivity index (χ1v) is 14.4. The van der Waals surface area contributed by atoms with E-state index in [0.29, 0.717) is 46.2 Å². The summed E-state index contributed by atoms with van der Waals surface area (Å²) in [5.41, 5.74) is 4.23. The lowest BCUT2D eigenvalue weighted by Gasteiger charge is -2.15. The third-order valence-electron chi connectivity index (χ3n) is 6.93. The minimum atomic E-state index is -4.54. The highest BCUT2D eigenvalue weighted by molar-refractivity contribution is 7.18. The molecule has 0 saturated carbocycles. The summed E-state index contributed by atoms with van der Waals surface area (Å²) in [4.78, 5) is 26.3. The number of fused-ring (bicyclic) bond motifs is 1. The number of hydrogen-bond donors (Lipinski definition) is 3. The van der Waals surface area contributed by atoms with Gasteiger partial charge in [0.05, 0.1) is 33.4 Å². The van der Waals surface area contributed by atoms with Gasteiger partial charge in [-0.2, -0.15) is 13.2 Å². The van der Waals surface area contributed by atoms with Gasteiger partial charge in [0.1, 0.15) is 12.1 Å². The Labute approximate surface area is 254 Å². The third-order valence-corrected chi connectivity index (χ3v) is 7.91. The molecule has 0 aliphatic carbocycles. The Bertz CT molecular complexity index is 1970. The molecule has 0 aliphatic rings. The van der Waals surface area contributed by atoms with Crippen LogP contribution in [0.3, 0.4) is 0 Å². The number of amides is 1. The highest BCUT2D eigenvalue weighted by Gasteiger charge is 2.31. The minimum absolute atomic E-state index is 0.235. The largest absolute Gasteiger partial charge is 0.416 e. The summed E-state index contributed by atoms with van der Waals surface area (Å²) in [6, 6.07) is 18.8. The van der Waals surface area contributed by atoms with Gasteiger partial charge in [0, 0.05) is 40.9 Å². The fraction of sp³-hybridized carbons (Fsp3) is 0.125. The van der Waals surface area contributed by atoms with Gasteiger partial charge >= 0.3 is 6.18 Å². The predicted octanol–water partition coefficient (Wildman–Crippen LogP) is 8.12. The summed E-state index contributed by atoms with van der Waals surface area (Å²) in [5.74, 6) is 0.276. The number of anilines is 4. The van der Waals surface area contributed by atoms with Crippen molar-refractivity contribution in [3.05, 3.63) is 119 Å². The van der Waals surface area contributed by atoms with Crippen LogP contribution in [0.25, 0.3) is 15.9 Å². The molecule has 3 aromatic heterocycles. The summed E-state index contributed by atoms with van der Waals surface area (Å²) in [5, 5.41) is 11.1. The molecule has 44 heavy (non-hydrogen) atoms. The van der Waals surface area contributed by atoms with E-state index in [0.717, 1.165) is 28.0 Å². The molecule has 0 unspecified atom stereocenters. The number of rotatable bonds is 8. The topological polar surface area (TPSA) is 96.8 Å². The van der Waals surface area contributed by atoms with E-state index < -0.39 is 11.7 Å². The van der Waals surface area contributed by atoms with Crippen LogP contribution in [0.2, 0.25) is 0 Å². The number of aromatic nitrogens is 4. The maximum absolute atomic E-state index is 13.7. The summed E-state index contributed by atoms with van der Waals surface area (Å²) in [6.07, 6.45) is -0.00270. The highest BCUT2D eigenvalue weighted by Crippen LogP contribution is 2.35. The van der Waals surface area contributed by atoms with Crippen LogP contribution in [0.1, 0.15) is 32.7 Å². The van der Waals surface area contributed by atoms with Crippen LogP contribution in [0.5, 0.6) is 0 Å². The number of carbonyl (C=O) groups excluding carboxylic acids is 1. The Kier molecular flexibility index (Phi) is 7.75. The van der Waals surface area contributed by atoms with E-state index in [1.807, 2.05) is 37.3 Å². The van der Waals surface area contributed by atoms with Crippen molar-refractivity contribution >= 4 is 50.3 Å². The van der Waals surface area contributed by atoms with E-state index in [4.69, 9.17) is 0 Å². The second-order valence-electron chi connectivity index (χ2n) is 10.2. The van der Waals surface area contributed by atoms with Crippen molar-refractivity contribution in [1.82, 2.24) is 19.5 Å². The number of benzene rings is 3. The van der Waals surface area contributed by atoms with Gasteiger partial charge in [-0.05, 0) is 55.3 Å². The average molecular weight is 614 g/mol. The normalized spacial score (nSPS) is 11.5. The van der Waals surface area contributed by atoms with Gasteiger partial charge in [-0.3, -0.25) is 4.79 Å². The molecule has 0 atom stereocenters.